The molecule has 9 rings (SSSR count). The SMILES string of the molecule is COC(=O)NC(C(=O)N1CC(C)CC1c1ncc(-c2ccc(-c3ccc(-c4ccc5[nH]c(C6CCC(C)N6C(=O)C(NC(=O)OC)C(C)C)nc5c4)c4c3C3CCC4C3)cc2)[nH]1)C(C)C. The Kier molecular flexibility index (Phi) is 12.0. The molecule has 1 saturated carbocycles. The van der Waals surface area contributed by atoms with Crippen molar-refractivity contribution in [3.05, 3.63) is 83.6 Å². The molecular weight excluding hydrogens is 821 g/mol. The van der Waals surface area contributed by atoms with Gasteiger partial charge < -0.3 is 39.9 Å². The molecule has 8 unspecified atom stereocenters. The number of hydrogen-bond donors (Lipinski definition) is 4. The first-order chi connectivity index (χ1) is 31.2. The van der Waals surface area contributed by atoms with Gasteiger partial charge in [-0.3, -0.25) is 9.59 Å². The maximum absolute atomic E-state index is 14.0. The topological polar surface area (TPSA) is 175 Å². The highest BCUT2D eigenvalue weighted by Gasteiger charge is 2.43. The second-order valence-corrected chi connectivity index (χ2v) is 19.6. The zero-order valence-corrected chi connectivity index (χ0v) is 38.7. The number of methoxy groups -OCH3 is 2. The van der Waals surface area contributed by atoms with E-state index in [2.05, 4.69) is 89.0 Å². The first kappa shape index (κ1) is 44.0. The molecule has 4 aliphatic rings. The number of nitrogens with zero attached hydrogens (tertiary/aromatic N) is 4. The number of ether oxygens (including phenoxy) is 2. The number of carbonyl (C=O) groups excluding carboxylic acids is 4. The molecular formula is C51H62N8O6. The Labute approximate surface area is 380 Å². The van der Waals surface area contributed by atoms with Gasteiger partial charge in [-0.05, 0) is 126 Å². The van der Waals surface area contributed by atoms with Crippen LogP contribution in [0.15, 0.2) is 60.8 Å². The van der Waals surface area contributed by atoms with Gasteiger partial charge in [0.1, 0.15) is 23.7 Å². The second-order valence-electron chi connectivity index (χ2n) is 19.6. The molecule has 8 atom stereocenters. The van der Waals surface area contributed by atoms with E-state index < -0.39 is 24.3 Å². The second kappa shape index (κ2) is 17.7. The largest absolute Gasteiger partial charge is 0.453 e. The molecule has 2 aliphatic carbocycles. The Morgan fingerprint density at radius 2 is 1.29 bits per heavy atom. The molecule has 4 heterocycles. The lowest BCUT2D eigenvalue weighted by Crippen LogP contribution is -2.52. The van der Waals surface area contributed by atoms with E-state index in [-0.39, 0.29) is 47.7 Å². The first-order valence-electron chi connectivity index (χ1n) is 23.4. The van der Waals surface area contributed by atoms with E-state index in [9.17, 15) is 19.2 Å². The lowest BCUT2D eigenvalue weighted by molar-refractivity contribution is -0.137. The molecule has 2 bridgehead atoms. The van der Waals surface area contributed by atoms with Crippen LogP contribution in [0.1, 0.15) is 127 Å². The minimum atomic E-state index is -0.704. The molecule has 4 N–H and O–H groups in total. The Morgan fingerprint density at radius 1 is 0.692 bits per heavy atom. The normalized spacial score (nSPS) is 23.3. The van der Waals surface area contributed by atoms with Crippen molar-refractivity contribution in [1.29, 1.82) is 0 Å². The third-order valence-electron chi connectivity index (χ3n) is 14.6. The molecule has 4 amide bonds. The molecule has 2 aromatic heterocycles. The Bertz CT molecular complexity index is 2620. The van der Waals surface area contributed by atoms with Gasteiger partial charge >= 0.3 is 12.2 Å². The number of imidazole rings is 2. The van der Waals surface area contributed by atoms with Crippen molar-refractivity contribution in [2.24, 2.45) is 17.8 Å². The van der Waals surface area contributed by atoms with E-state index in [1.165, 1.54) is 61.3 Å². The van der Waals surface area contributed by atoms with Crippen LogP contribution in [0.3, 0.4) is 0 Å². The number of likely N-dealkylation sites (tertiary alicyclic amines) is 2. The van der Waals surface area contributed by atoms with E-state index >= 15 is 0 Å². The van der Waals surface area contributed by atoms with Crippen molar-refractivity contribution in [3.8, 4) is 33.5 Å². The number of aromatic nitrogens is 4. The zero-order chi connectivity index (χ0) is 45.8. The molecule has 65 heavy (non-hydrogen) atoms. The summed E-state index contributed by atoms with van der Waals surface area (Å²) in [5.74, 6) is 2.34. The monoisotopic (exact) mass is 882 g/mol. The predicted molar refractivity (Wildman–Crippen MR) is 249 cm³/mol. The molecule has 14 nitrogen and oxygen atoms in total. The summed E-state index contributed by atoms with van der Waals surface area (Å²) in [6, 6.07) is 17.9. The zero-order valence-electron chi connectivity index (χ0n) is 38.7. The smallest absolute Gasteiger partial charge is 0.407 e. The standard InChI is InChI=1S/C51H62N8O6/c1-26(2)44(56-50(62)64-7)48(60)58-25-28(5)21-41(58)46-52-24-39(55-46)31-12-10-30(11-13-31)35-17-18-36(43-34-15-14-33(22-34)42(35)43)32-16-19-37-38(23-32)54-47(53-37)40-20-9-29(6)59(40)49(61)45(27(3)4)57-51(63)65-8/h10-13,16-19,23-24,26-29,33-34,40-41,44-45H,9,14-15,20-22,25H2,1-8H3,(H,52,55)(H,53,54)(H,56,62)(H,57,63). The van der Waals surface area contributed by atoms with Crippen LogP contribution in [-0.2, 0) is 19.1 Å². The van der Waals surface area contributed by atoms with Crippen LogP contribution in [-0.4, -0.2) is 92.6 Å². The lowest BCUT2D eigenvalue weighted by atomic mass is 9.81. The molecule has 3 aromatic carbocycles. The van der Waals surface area contributed by atoms with E-state index in [1.54, 1.807) is 0 Å². The van der Waals surface area contributed by atoms with Crippen molar-refractivity contribution in [3.63, 3.8) is 0 Å². The van der Waals surface area contributed by atoms with Crippen LogP contribution < -0.4 is 10.6 Å². The fraction of sp³-hybridized carbons (Fsp3) is 0.490. The highest BCUT2D eigenvalue weighted by molar-refractivity contribution is 5.89. The van der Waals surface area contributed by atoms with Crippen molar-refractivity contribution in [2.45, 2.75) is 122 Å². The average Bonchev–Trinajstić information content (AvgIpc) is 4.17. The Balaban J connectivity index is 0.960. The highest BCUT2D eigenvalue weighted by atomic mass is 16.5. The number of fused-ring (bicyclic) bond motifs is 6. The number of hydrogen-bond acceptors (Lipinski definition) is 8. The summed E-state index contributed by atoms with van der Waals surface area (Å²) in [5.41, 5.74) is 11.5. The molecule has 14 heteroatoms. The van der Waals surface area contributed by atoms with Crippen molar-refractivity contribution in [1.82, 2.24) is 40.4 Å². The summed E-state index contributed by atoms with van der Waals surface area (Å²) in [4.78, 5) is 72.9. The fourth-order valence-electron chi connectivity index (χ4n) is 11.3. The molecule has 2 aliphatic heterocycles. The van der Waals surface area contributed by atoms with E-state index in [0.717, 1.165) is 58.8 Å². The number of nitrogens with one attached hydrogen (secondary N) is 4. The third kappa shape index (κ3) is 8.13. The summed E-state index contributed by atoms with van der Waals surface area (Å²) in [7, 11) is 2.61. The number of carbonyl (C=O) groups is 4. The van der Waals surface area contributed by atoms with Gasteiger partial charge in [-0.25, -0.2) is 19.6 Å². The van der Waals surface area contributed by atoms with Gasteiger partial charge in [0, 0.05) is 12.6 Å². The van der Waals surface area contributed by atoms with Crippen LogP contribution in [0.25, 0.3) is 44.5 Å². The molecule has 342 valence electrons. The van der Waals surface area contributed by atoms with Gasteiger partial charge in [-0.1, -0.05) is 77.1 Å². The van der Waals surface area contributed by atoms with Gasteiger partial charge in [-0.15, -0.1) is 0 Å². The van der Waals surface area contributed by atoms with Gasteiger partial charge in [0.25, 0.3) is 0 Å². The third-order valence-corrected chi connectivity index (χ3v) is 14.6. The maximum Gasteiger partial charge on any atom is 0.407 e. The molecule has 3 fully saturated rings. The number of alkyl carbamates (subject to hydrolysis) is 2. The molecule has 2 saturated heterocycles. The van der Waals surface area contributed by atoms with Gasteiger partial charge in [-0.2, -0.15) is 0 Å². The number of aromatic amines is 2. The minimum absolute atomic E-state index is 0.00141. The molecule has 0 spiro atoms. The Morgan fingerprint density at radius 3 is 1.92 bits per heavy atom. The van der Waals surface area contributed by atoms with Crippen LogP contribution in [0.4, 0.5) is 9.59 Å². The van der Waals surface area contributed by atoms with Crippen LogP contribution in [0, 0.1) is 17.8 Å². The number of benzene rings is 3. The Hall–Kier alpha value is -6.18. The highest BCUT2D eigenvalue weighted by Crippen LogP contribution is 2.58. The van der Waals surface area contributed by atoms with Crippen LogP contribution in [0.5, 0.6) is 0 Å². The van der Waals surface area contributed by atoms with Crippen molar-refractivity contribution >= 4 is 35.0 Å². The number of amides is 4. The van der Waals surface area contributed by atoms with Gasteiger partial charge in [0.15, 0.2) is 0 Å². The van der Waals surface area contributed by atoms with E-state index in [1.807, 2.05) is 43.7 Å². The predicted octanol–water partition coefficient (Wildman–Crippen LogP) is 9.37. The average molecular weight is 883 g/mol. The van der Waals surface area contributed by atoms with E-state index in [0.29, 0.717) is 18.4 Å². The summed E-state index contributed by atoms with van der Waals surface area (Å²) < 4.78 is 9.66. The fourth-order valence-corrected chi connectivity index (χ4v) is 11.3. The lowest BCUT2D eigenvalue weighted by Gasteiger charge is -2.32. The van der Waals surface area contributed by atoms with E-state index in [4.69, 9.17) is 19.4 Å². The van der Waals surface area contributed by atoms with Crippen molar-refractivity contribution in [2.75, 3.05) is 20.8 Å². The first-order valence-corrected chi connectivity index (χ1v) is 23.4. The van der Waals surface area contributed by atoms with Gasteiger partial charge in [0.05, 0.1) is 49.2 Å². The van der Waals surface area contributed by atoms with Crippen LogP contribution >= 0.6 is 0 Å². The minimum Gasteiger partial charge on any atom is -0.453 e. The maximum atomic E-state index is 14.0. The molecule has 0 radical (unpaired) electrons. The summed E-state index contributed by atoms with van der Waals surface area (Å²) >= 11 is 0. The number of H-pyrrole nitrogens is 2. The quantitative estimate of drug-likeness (QED) is 0.102. The van der Waals surface area contributed by atoms with Crippen molar-refractivity contribution < 1.29 is 28.7 Å². The summed E-state index contributed by atoms with van der Waals surface area (Å²) in [6.45, 7) is 12.5. The number of rotatable bonds is 11. The van der Waals surface area contributed by atoms with Crippen LogP contribution in [0.2, 0.25) is 0 Å². The molecule has 5 aromatic rings. The summed E-state index contributed by atoms with van der Waals surface area (Å²) in [5, 5.41) is 5.50. The van der Waals surface area contributed by atoms with Gasteiger partial charge in [0.2, 0.25) is 11.8 Å². The summed E-state index contributed by atoms with van der Waals surface area (Å²) in [6.07, 6.45) is 6.58.